The number of thiazole rings is 1. The van der Waals surface area contributed by atoms with Gasteiger partial charge in [0.2, 0.25) is 0 Å². The van der Waals surface area contributed by atoms with Gasteiger partial charge in [0.25, 0.3) is 0 Å². The Labute approximate surface area is 170 Å². The van der Waals surface area contributed by atoms with E-state index in [-0.39, 0.29) is 12.0 Å². The van der Waals surface area contributed by atoms with Gasteiger partial charge in [-0.3, -0.25) is 4.99 Å². The van der Waals surface area contributed by atoms with Crippen LogP contribution in [0.3, 0.4) is 0 Å². The monoisotopic (exact) mass is 404 g/mol. The van der Waals surface area contributed by atoms with Crippen molar-refractivity contribution in [3.8, 4) is 0 Å². The molecule has 1 unspecified atom stereocenters. The number of rotatable bonds is 9. The van der Waals surface area contributed by atoms with Gasteiger partial charge in [0, 0.05) is 13.6 Å². The van der Waals surface area contributed by atoms with Crippen LogP contribution in [-0.4, -0.2) is 43.7 Å². The summed E-state index contributed by atoms with van der Waals surface area (Å²) in [5.74, 6) is 0.329. The van der Waals surface area contributed by atoms with Crippen LogP contribution in [0.4, 0.5) is 0 Å². The summed E-state index contributed by atoms with van der Waals surface area (Å²) in [4.78, 5) is 21.2. The van der Waals surface area contributed by atoms with E-state index in [1.807, 2.05) is 44.2 Å². The number of benzene rings is 1. The number of hydrogen-bond acceptors (Lipinski definition) is 6. The standard InChI is InChI=1S/C20H28N4O3S/c1-5-27-19(25)17-14(2)23-18(28-17)15(3)24-20(21-4)22-11-12-26-13-16-9-7-6-8-10-16/h6-10,15H,5,11-13H2,1-4H3,(H2,21,22,24). The minimum absolute atomic E-state index is 0.0942. The molecule has 7 nitrogen and oxygen atoms in total. The third-order valence-electron chi connectivity index (χ3n) is 3.87. The maximum absolute atomic E-state index is 12.0. The Morgan fingerprint density at radius 3 is 2.75 bits per heavy atom. The molecule has 0 spiro atoms. The Balaban J connectivity index is 1.79. The number of guanidine groups is 1. The first-order chi connectivity index (χ1) is 13.5. The third-order valence-corrected chi connectivity index (χ3v) is 5.19. The van der Waals surface area contributed by atoms with Crippen LogP contribution < -0.4 is 10.6 Å². The molecule has 0 saturated heterocycles. The zero-order valence-corrected chi connectivity index (χ0v) is 17.6. The topological polar surface area (TPSA) is 84.8 Å². The van der Waals surface area contributed by atoms with Gasteiger partial charge in [-0.1, -0.05) is 30.3 Å². The summed E-state index contributed by atoms with van der Waals surface area (Å²) >= 11 is 1.34. The number of hydrogen-bond donors (Lipinski definition) is 2. The molecule has 0 bridgehead atoms. The van der Waals surface area contributed by atoms with Crippen molar-refractivity contribution in [2.75, 3.05) is 26.8 Å². The summed E-state index contributed by atoms with van der Waals surface area (Å²) in [5, 5.41) is 7.31. The molecule has 0 radical (unpaired) electrons. The molecule has 1 heterocycles. The lowest BCUT2D eigenvalue weighted by Gasteiger charge is -2.16. The molecule has 0 fully saturated rings. The third kappa shape index (κ3) is 6.61. The molecule has 152 valence electrons. The fraction of sp³-hybridized carbons (Fsp3) is 0.450. The largest absolute Gasteiger partial charge is 0.462 e. The molecule has 1 atom stereocenters. The smallest absolute Gasteiger partial charge is 0.350 e. The number of aliphatic imine (C=N–C) groups is 1. The summed E-state index contributed by atoms with van der Waals surface area (Å²) in [6, 6.07) is 9.96. The molecule has 1 aromatic heterocycles. The maximum atomic E-state index is 12.0. The van der Waals surface area contributed by atoms with Crippen LogP contribution >= 0.6 is 11.3 Å². The SMILES string of the molecule is CCOC(=O)c1sc(C(C)NC(=NC)NCCOCc2ccccc2)nc1C. The predicted octanol–water partition coefficient (Wildman–Crippen LogP) is 3.07. The lowest BCUT2D eigenvalue weighted by Crippen LogP contribution is -2.40. The van der Waals surface area contributed by atoms with Crippen LogP contribution in [0.15, 0.2) is 35.3 Å². The van der Waals surface area contributed by atoms with Crippen molar-refractivity contribution in [2.45, 2.75) is 33.4 Å². The van der Waals surface area contributed by atoms with Crippen LogP contribution in [0.25, 0.3) is 0 Å². The van der Waals surface area contributed by atoms with Gasteiger partial charge in [0.05, 0.1) is 31.6 Å². The number of nitrogens with zero attached hydrogens (tertiary/aromatic N) is 2. The van der Waals surface area contributed by atoms with E-state index in [0.717, 1.165) is 10.6 Å². The van der Waals surface area contributed by atoms with E-state index < -0.39 is 0 Å². The summed E-state index contributed by atoms with van der Waals surface area (Å²) in [6.45, 7) is 7.71. The molecule has 2 aromatic rings. The number of ether oxygens (including phenoxy) is 2. The Morgan fingerprint density at radius 2 is 2.07 bits per heavy atom. The summed E-state index contributed by atoms with van der Waals surface area (Å²) in [6.07, 6.45) is 0. The molecule has 0 amide bonds. The summed E-state index contributed by atoms with van der Waals surface area (Å²) < 4.78 is 10.7. The normalized spacial score (nSPS) is 12.5. The van der Waals surface area contributed by atoms with Crippen LogP contribution in [0.2, 0.25) is 0 Å². The van der Waals surface area contributed by atoms with Crippen molar-refractivity contribution >= 4 is 23.3 Å². The van der Waals surface area contributed by atoms with Crippen LogP contribution in [0.5, 0.6) is 0 Å². The van der Waals surface area contributed by atoms with E-state index in [1.54, 1.807) is 14.0 Å². The quantitative estimate of drug-likeness (QED) is 0.289. The molecule has 0 saturated carbocycles. The van der Waals surface area contributed by atoms with Crippen LogP contribution in [0, 0.1) is 6.92 Å². The zero-order valence-electron chi connectivity index (χ0n) is 16.8. The zero-order chi connectivity index (χ0) is 20.4. The lowest BCUT2D eigenvalue weighted by molar-refractivity contribution is 0.0531. The minimum atomic E-state index is -0.325. The van der Waals surface area contributed by atoms with Gasteiger partial charge in [-0.2, -0.15) is 0 Å². The highest BCUT2D eigenvalue weighted by molar-refractivity contribution is 7.13. The van der Waals surface area contributed by atoms with Gasteiger partial charge in [-0.15, -0.1) is 11.3 Å². The predicted molar refractivity (Wildman–Crippen MR) is 112 cm³/mol. The van der Waals surface area contributed by atoms with Crippen molar-refractivity contribution in [1.82, 2.24) is 15.6 Å². The maximum Gasteiger partial charge on any atom is 0.350 e. The molecule has 0 aliphatic heterocycles. The molecule has 2 N–H and O–H groups in total. The van der Waals surface area contributed by atoms with Gasteiger partial charge in [-0.05, 0) is 26.3 Å². The Morgan fingerprint density at radius 1 is 1.32 bits per heavy atom. The van der Waals surface area contributed by atoms with Crippen molar-refractivity contribution in [3.05, 3.63) is 51.5 Å². The number of aromatic nitrogens is 1. The highest BCUT2D eigenvalue weighted by Gasteiger charge is 2.20. The fourth-order valence-electron chi connectivity index (χ4n) is 2.46. The Kier molecular flexibility index (Phi) is 8.90. The van der Waals surface area contributed by atoms with E-state index >= 15 is 0 Å². The Hall–Kier alpha value is -2.45. The number of carbonyl (C=O) groups excluding carboxylic acids is 1. The van der Waals surface area contributed by atoms with E-state index in [2.05, 4.69) is 20.6 Å². The highest BCUT2D eigenvalue weighted by Crippen LogP contribution is 2.24. The second-order valence-electron chi connectivity index (χ2n) is 6.09. The van der Waals surface area contributed by atoms with Gasteiger partial charge in [-0.25, -0.2) is 9.78 Å². The summed E-state index contributed by atoms with van der Waals surface area (Å²) in [5.41, 5.74) is 1.83. The van der Waals surface area contributed by atoms with Crippen molar-refractivity contribution < 1.29 is 14.3 Å². The van der Waals surface area contributed by atoms with Crippen molar-refractivity contribution in [3.63, 3.8) is 0 Å². The lowest BCUT2D eigenvalue weighted by atomic mass is 10.2. The van der Waals surface area contributed by atoms with E-state index in [0.29, 0.717) is 42.9 Å². The molecule has 1 aromatic carbocycles. The number of nitrogens with one attached hydrogen (secondary N) is 2. The van der Waals surface area contributed by atoms with Gasteiger partial charge < -0.3 is 20.1 Å². The molecule has 0 aliphatic carbocycles. The number of carbonyl (C=O) groups is 1. The Bertz CT molecular complexity index is 777. The molecule has 0 aliphatic rings. The second-order valence-corrected chi connectivity index (χ2v) is 7.12. The first kappa shape index (κ1) is 21.8. The summed E-state index contributed by atoms with van der Waals surface area (Å²) in [7, 11) is 1.71. The van der Waals surface area contributed by atoms with Gasteiger partial charge >= 0.3 is 5.97 Å². The molecular formula is C20H28N4O3S. The highest BCUT2D eigenvalue weighted by atomic mass is 32.1. The van der Waals surface area contributed by atoms with Gasteiger partial charge in [0.1, 0.15) is 9.88 Å². The first-order valence-electron chi connectivity index (χ1n) is 9.28. The molecule has 28 heavy (non-hydrogen) atoms. The fourth-order valence-corrected chi connectivity index (χ4v) is 3.42. The average Bonchev–Trinajstić information content (AvgIpc) is 3.09. The van der Waals surface area contributed by atoms with Crippen molar-refractivity contribution in [2.24, 2.45) is 4.99 Å². The first-order valence-corrected chi connectivity index (χ1v) is 10.1. The van der Waals surface area contributed by atoms with Crippen molar-refractivity contribution in [1.29, 1.82) is 0 Å². The second kappa shape index (κ2) is 11.4. The van der Waals surface area contributed by atoms with E-state index in [4.69, 9.17) is 9.47 Å². The number of aryl methyl sites for hydroxylation is 1. The number of esters is 1. The minimum Gasteiger partial charge on any atom is -0.462 e. The van der Waals surface area contributed by atoms with E-state index in [1.165, 1.54) is 11.3 Å². The van der Waals surface area contributed by atoms with Gasteiger partial charge in [0.15, 0.2) is 5.96 Å². The molecule has 8 heteroatoms. The van der Waals surface area contributed by atoms with E-state index in [9.17, 15) is 4.79 Å². The molecular weight excluding hydrogens is 376 g/mol. The van der Waals surface area contributed by atoms with Crippen LogP contribution in [0.1, 0.15) is 45.8 Å². The van der Waals surface area contributed by atoms with Crippen LogP contribution in [-0.2, 0) is 16.1 Å². The molecule has 2 rings (SSSR count). The average molecular weight is 405 g/mol.